The van der Waals surface area contributed by atoms with E-state index < -0.39 is 11.4 Å². The molecule has 2 atom stereocenters. The minimum absolute atomic E-state index is 0.218. The van der Waals surface area contributed by atoms with Gasteiger partial charge < -0.3 is 5.11 Å². The SMILES string of the molecule is CC1(C(=O)O)CCC(C=Cc2ccccc2)C1(C)C. The molecule has 1 N–H and O–H groups in total. The molecule has 1 aromatic carbocycles. The molecule has 1 aromatic rings. The van der Waals surface area contributed by atoms with Crippen LogP contribution in [0.2, 0.25) is 0 Å². The molecule has 1 fully saturated rings. The van der Waals surface area contributed by atoms with Crippen molar-refractivity contribution in [2.75, 3.05) is 0 Å². The zero-order valence-corrected chi connectivity index (χ0v) is 11.9. The third kappa shape index (κ3) is 2.32. The Labute approximate surface area is 115 Å². The van der Waals surface area contributed by atoms with Gasteiger partial charge in [0.25, 0.3) is 0 Å². The molecule has 0 heterocycles. The highest BCUT2D eigenvalue weighted by molar-refractivity contribution is 5.76. The maximum atomic E-state index is 11.5. The molecule has 0 saturated heterocycles. The van der Waals surface area contributed by atoms with Gasteiger partial charge in [0.05, 0.1) is 5.41 Å². The summed E-state index contributed by atoms with van der Waals surface area (Å²) in [5.74, 6) is -0.359. The van der Waals surface area contributed by atoms with Crippen LogP contribution in [0, 0.1) is 16.7 Å². The van der Waals surface area contributed by atoms with Gasteiger partial charge in [0, 0.05) is 0 Å². The van der Waals surface area contributed by atoms with Crippen LogP contribution in [0.1, 0.15) is 39.2 Å². The molecule has 2 rings (SSSR count). The molecular formula is C17H22O2. The summed E-state index contributed by atoms with van der Waals surface area (Å²) in [4.78, 5) is 11.5. The van der Waals surface area contributed by atoms with E-state index in [1.807, 2.05) is 25.1 Å². The quantitative estimate of drug-likeness (QED) is 0.881. The van der Waals surface area contributed by atoms with Gasteiger partial charge >= 0.3 is 5.97 Å². The Hall–Kier alpha value is -1.57. The number of carbonyl (C=O) groups is 1. The summed E-state index contributed by atoms with van der Waals surface area (Å²) in [5.41, 5.74) is 0.324. The fraction of sp³-hybridized carbons (Fsp3) is 0.471. The standard InChI is InChI=1S/C17H22O2/c1-16(2)14(11-12-17(16,3)15(18)19)10-9-13-7-5-4-6-8-13/h4-10,14H,11-12H2,1-3H3,(H,18,19). The molecule has 19 heavy (non-hydrogen) atoms. The normalized spacial score (nSPS) is 29.7. The van der Waals surface area contributed by atoms with Crippen molar-refractivity contribution < 1.29 is 9.90 Å². The van der Waals surface area contributed by atoms with Crippen molar-refractivity contribution in [2.24, 2.45) is 16.7 Å². The lowest BCUT2D eigenvalue weighted by atomic mass is 9.65. The van der Waals surface area contributed by atoms with Crippen molar-refractivity contribution in [2.45, 2.75) is 33.6 Å². The van der Waals surface area contributed by atoms with Crippen LogP contribution >= 0.6 is 0 Å². The second-order valence-corrected chi connectivity index (χ2v) is 6.27. The summed E-state index contributed by atoms with van der Waals surface area (Å²) in [6, 6.07) is 10.2. The number of hydrogen-bond acceptors (Lipinski definition) is 1. The Morgan fingerprint density at radius 1 is 1.26 bits per heavy atom. The van der Waals surface area contributed by atoms with Gasteiger partial charge in [0.15, 0.2) is 0 Å². The smallest absolute Gasteiger partial charge is 0.309 e. The van der Waals surface area contributed by atoms with Crippen LogP contribution in [0.15, 0.2) is 36.4 Å². The number of rotatable bonds is 3. The van der Waals surface area contributed by atoms with E-state index >= 15 is 0 Å². The number of hydrogen-bond donors (Lipinski definition) is 1. The third-order valence-electron chi connectivity index (χ3n) is 5.10. The molecule has 0 bridgehead atoms. The van der Waals surface area contributed by atoms with Crippen molar-refractivity contribution in [1.29, 1.82) is 0 Å². The van der Waals surface area contributed by atoms with Gasteiger partial charge in [-0.3, -0.25) is 4.79 Å². The van der Waals surface area contributed by atoms with E-state index in [4.69, 9.17) is 0 Å². The maximum absolute atomic E-state index is 11.5. The first-order valence-electron chi connectivity index (χ1n) is 6.84. The molecule has 2 nitrogen and oxygen atoms in total. The summed E-state index contributed by atoms with van der Waals surface area (Å²) in [6.45, 7) is 6.04. The van der Waals surface area contributed by atoms with E-state index in [0.717, 1.165) is 12.8 Å². The summed E-state index contributed by atoms with van der Waals surface area (Å²) in [5, 5.41) is 9.49. The Morgan fingerprint density at radius 3 is 2.42 bits per heavy atom. The monoisotopic (exact) mass is 258 g/mol. The van der Waals surface area contributed by atoms with Gasteiger partial charge in [-0.05, 0) is 36.7 Å². The average molecular weight is 258 g/mol. The van der Waals surface area contributed by atoms with Crippen LogP contribution in [-0.2, 0) is 4.79 Å². The number of aliphatic carboxylic acids is 1. The largest absolute Gasteiger partial charge is 0.481 e. The summed E-state index contributed by atoms with van der Waals surface area (Å²) in [6.07, 6.45) is 5.99. The van der Waals surface area contributed by atoms with E-state index in [1.54, 1.807) is 0 Å². The predicted molar refractivity (Wildman–Crippen MR) is 77.7 cm³/mol. The topological polar surface area (TPSA) is 37.3 Å². The molecule has 2 heteroatoms. The van der Waals surface area contributed by atoms with E-state index in [9.17, 15) is 9.90 Å². The maximum Gasteiger partial charge on any atom is 0.309 e. The Bertz CT molecular complexity index is 487. The van der Waals surface area contributed by atoms with Gasteiger partial charge in [0.1, 0.15) is 0 Å². The highest BCUT2D eigenvalue weighted by Gasteiger charge is 2.55. The molecule has 0 amide bonds. The predicted octanol–water partition coefficient (Wildman–Crippen LogP) is 4.23. The van der Waals surface area contributed by atoms with Crippen molar-refractivity contribution in [3.63, 3.8) is 0 Å². The van der Waals surface area contributed by atoms with Gasteiger partial charge in [-0.1, -0.05) is 56.3 Å². The Balaban J connectivity index is 2.20. The lowest BCUT2D eigenvalue weighted by Gasteiger charge is -2.37. The summed E-state index contributed by atoms with van der Waals surface area (Å²) in [7, 11) is 0. The van der Waals surface area contributed by atoms with Crippen molar-refractivity contribution >= 4 is 12.0 Å². The summed E-state index contributed by atoms with van der Waals surface area (Å²) < 4.78 is 0. The first-order valence-corrected chi connectivity index (χ1v) is 6.84. The van der Waals surface area contributed by atoms with Crippen LogP contribution in [-0.4, -0.2) is 11.1 Å². The molecule has 0 aliphatic heterocycles. The zero-order valence-electron chi connectivity index (χ0n) is 11.9. The average Bonchev–Trinajstić information content (AvgIpc) is 2.61. The fourth-order valence-electron chi connectivity index (χ4n) is 3.05. The van der Waals surface area contributed by atoms with Crippen LogP contribution < -0.4 is 0 Å². The molecule has 102 valence electrons. The van der Waals surface area contributed by atoms with Crippen LogP contribution in [0.25, 0.3) is 6.08 Å². The zero-order chi connectivity index (χ0) is 14.1. The molecule has 0 aromatic heterocycles. The van der Waals surface area contributed by atoms with E-state index in [0.29, 0.717) is 5.92 Å². The first kappa shape index (κ1) is 13.9. The minimum atomic E-state index is -0.673. The Morgan fingerprint density at radius 2 is 1.89 bits per heavy atom. The molecule has 1 aliphatic carbocycles. The number of carboxylic acid groups (broad SMARTS) is 1. The van der Waals surface area contributed by atoms with Crippen LogP contribution in [0.4, 0.5) is 0 Å². The van der Waals surface area contributed by atoms with E-state index in [1.165, 1.54) is 5.56 Å². The van der Waals surface area contributed by atoms with Crippen LogP contribution in [0.3, 0.4) is 0 Å². The van der Waals surface area contributed by atoms with Crippen molar-refractivity contribution in [1.82, 2.24) is 0 Å². The van der Waals surface area contributed by atoms with Gasteiger partial charge in [0.2, 0.25) is 0 Å². The lowest BCUT2D eigenvalue weighted by Crippen LogP contribution is -2.40. The highest BCUT2D eigenvalue weighted by Crippen LogP contribution is 2.56. The van der Waals surface area contributed by atoms with Crippen molar-refractivity contribution in [3.8, 4) is 0 Å². The molecular weight excluding hydrogens is 236 g/mol. The van der Waals surface area contributed by atoms with Gasteiger partial charge in [-0.15, -0.1) is 0 Å². The Kier molecular flexibility index (Phi) is 3.53. The number of carboxylic acids is 1. The molecule has 1 saturated carbocycles. The second kappa shape index (κ2) is 4.84. The first-order chi connectivity index (χ1) is 8.88. The highest BCUT2D eigenvalue weighted by atomic mass is 16.4. The second-order valence-electron chi connectivity index (χ2n) is 6.27. The number of benzene rings is 1. The third-order valence-corrected chi connectivity index (χ3v) is 5.10. The molecule has 0 spiro atoms. The fourth-order valence-corrected chi connectivity index (χ4v) is 3.05. The number of allylic oxidation sites excluding steroid dienone is 1. The van der Waals surface area contributed by atoms with Crippen molar-refractivity contribution in [3.05, 3.63) is 42.0 Å². The van der Waals surface area contributed by atoms with Gasteiger partial charge in [-0.2, -0.15) is 0 Å². The van der Waals surface area contributed by atoms with Gasteiger partial charge in [-0.25, -0.2) is 0 Å². The lowest BCUT2D eigenvalue weighted by molar-refractivity contribution is -0.154. The summed E-state index contributed by atoms with van der Waals surface area (Å²) >= 11 is 0. The molecule has 2 unspecified atom stereocenters. The van der Waals surface area contributed by atoms with E-state index in [-0.39, 0.29) is 5.41 Å². The van der Waals surface area contributed by atoms with E-state index in [2.05, 4.69) is 38.1 Å². The minimum Gasteiger partial charge on any atom is -0.481 e. The molecule has 1 aliphatic rings. The van der Waals surface area contributed by atoms with Crippen LogP contribution in [0.5, 0.6) is 0 Å². The molecule has 0 radical (unpaired) electrons.